The van der Waals surface area contributed by atoms with Gasteiger partial charge in [0, 0.05) is 12.6 Å². The molecular weight excluding hydrogens is 318 g/mol. The van der Waals surface area contributed by atoms with Crippen molar-refractivity contribution in [2.24, 2.45) is 0 Å². The zero-order valence-corrected chi connectivity index (χ0v) is 14.4. The summed E-state index contributed by atoms with van der Waals surface area (Å²) in [6, 6.07) is 9.76. The van der Waals surface area contributed by atoms with Crippen LogP contribution in [0.2, 0.25) is 0 Å². The van der Waals surface area contributed by atoms with E-state index in [-0.39, 0.29) is 17.6 Å². The predicted octanol–water partition coefficient (Wildman–Crippen LogP) is 2.54. The van der Waals surface area contributed by atoms with Gasteiger partial charge in [-0.05, 0) is 44.5 Å². The van der Waals surface area contributed by atoms with E-state index in [2.05, 4.69) is 10.3 Å². The average molecular weight is 341 g/mol. The fourth-order valence-electron chi connectivity index (χ4n) is 3.88. The first-order chi connectivity index (χ1) is 12.2. The zero-order chi connectivity index (χ0) is 17.3. The van der Waals surface area contributed by atoms with E-state index in [9.17, 15) is 4.79 Å². The van der Waals surface area contributed by atoms with Gasteiger partial charge in [0.25, 0.3) is 5.91 Å². The predicted molar refractivity (Wildman–Crippen MR) is 93.7 cm³/mol. The van der Waals surface area contributed by atoms with Crippen molar-refractivity contribution in [3.8, 4) is 0 Å². The van der Waals surface area contributed by atoms with Gasteiger partial charge >= 0.3 is 0 Å². The lowest BCUT2D eigenvalue weighted by molar-refractivity contribution is -0.0193. The second-order valence-corrected chi connectivity index (χ2v) is 6.86. The number of aromatic nitrogens is 1. The second kappa shape index (κ2) is 6.61. The van der Waals surface area contributed by atoms with E-state index in [0.717, 1.165) is 38.0 Å². The van der Waals surface area contributed by atoms with Crippen LogP contribution in [0.25, 0.3) is 0 Å². The quantitative estimate of drug-likeness (QED) is 0.929. The van der Waals surface area contributed by atoms with Crippen LogP contribution in [0.15, 0.2) is 41.0 Å². The number of ether oxygens (including phenoxy) is 1. The van der Waals surface area contributed by atoms with Gasteiger partial charge in [-0.2, -0.15) is 0 Å². The molecule has 0 radical (unpaired) electrons. The molecular formula is C19H23N3O3. The number of carbonyl (C=O) groups is 1. The highest BCUT2D eigenvalue weighted by molar-refractivity contribution is 6.05. The minimum Gasteiger partial charge on any atom is -0.448 e. The number of benzene rings is 1. The molecule has 1 unspecified atom stereocenters. The van der Waals surface area contributed by atoms with Crippen molar-refractivity contribution in [1.82, 2.24) is 10.3 Å². The van der Waals surface area contributed by atoms with Crippen LogP contribution in [0.5, 0.6) is 0 Å². The van der Waals surface area contributed by atoms with Crippen LogP contribution in [0.4, 0.5) is 5.69 Å². The van der Waals surface area contributed by atoms with Crippen LogP contribution < -0.4 is 10.2 Å². The molecule has 132 valence electrons. The number of aryl methyl sites for hydroxylation is 1. The number of nitrogens with one attached hydrogen (secondary N) is 1. The molecule has 1 amide bonds. The van der Waals surface area contributed by atoms with Crippen LogP contribution in [0, 0.1) is 6.92 Å². The number of oxazole rings is 1. The van der Waals surface area contributed by atoms with Gasteiger partial charge in [0.05, 0.1) is 18.2 Å². The molecule has 2 aromatic rings. The van der Waals surface area contributed by atoms with Crippen molar-refractivity contribution >= 4 is 11.6 Å². The van der Waals surface area contributed by atoms with Crippen LogP contribution in [0.3, 0.4) is 0 Å². The summed E-state index contributed by atoms with van der Waals surface area (Å²) < 4.78 is 11.5. The maximum atomic E-state index is 13.2. The maximum Gasteiger partial charge on any atom is 0.280 e. The third-order valence-corrected chi connectivity index (χ3v) is 5.16. The molecule has 0 saturated carbocycles. The molecule has 2 saturated heterocycles. The summed E-state index contributed by atoms with van der Waals surface area (Å²) >= 11 is 0. The van der Waals surface area contributed by atoms with Gasteiger partial charge in [0.2, 0.25) is 0 Å². The fraction of sp³-hybridized carbons (Fsp3) is 0.474. The summed E-state index contributed by atoms with van der Waals surface area (Å²) in [7, 11) is 0. The summed E-state index contributed by atoms with van der Waals surface area (Å²) in [6.07, 6.45) is 4.27. The number of hydrogen-bond acceptors (Lipinski definition) is 5. The largest absolute Gasteiger partial charge is 0.448 e. The Morgan fingerprint density at radius 1 is 1.28 bits per heavy atom. The van der Waals surface area contributed by atoms with Crippen molar-refractivity contribution in [2.45, 2.75) is 37.8 Å². The number of nitrogens with zero attached hydrogens (tertiary/aromatic N) is 2. The molecule has 4 rings (SSSR count). The van der Waals surface area contributed by atoms with Gasteiger partial charge in [0.1, 0.15) is 6.26 Å². The van der Waals surface area contributed by atoms with Gasteiger partial charge in [0.15, 0.2) is 11.6 Å². The van der Waals surface area contributed by atoms with Crippen molar-refractivity contribution in [1.29, 1.82) is 0 Å². The number of hydrogen-bond donors (Lipinski definition) is 1. The molecule has 1 spiro atoms. The van der Waals surface area contributed by atoms with E-state index < -0.39 is 0 Å². The Bertz CT molecular complexity index is 737. The lowest BCUT2D eigenvalue weighted by atomic mass is 9.88. The molecule has 6 heteroatoms. The van der Waals surface area contributed by atoms with E-state index in [4.69, 9.17) is 9.15 Å². The molecule has 0 aliphatic carbocycles. The Labute approximate surface area is 147 Å². The van der Waals surface area contributed by atoms with E-state index in [0.29, 0.717) is 18.2 Å². The summed E-state index contributed by atoms with van der Waals surface area (Å²) in [5, 5.41) is 3.38. The Hall–Kier alpha value is -2.18. The summed E-state index contributed by atoms with van der Waals surface area (Å²) in [6.45, 7) is 4.23. The third-order valence-electron chi connectivity index (χ3n) is 5.16. The van der Waals surface area contributed by atoms with Gasteiger partial charge in [-0.25, -0.2) is 4.98 Å². The number of piperidine rings is 1. The molecule has 0 bridgehead atoms. The first-order valence-electron chi connectivity index (χ1n) is 8.82. The van der Waals surface area contributed by atoms with Gasteiger partial charge < -0.3 is 19.4 Å². The molecule has 2 aliphatic rings. The van der Waals surface area contributed by atoms with Crippen LogP contribution in [0.1, 0.15) is 35.6 Å². The molecule has 1 N–H and O–H groups in total. The Morgan fingerprint density at radius 3 is 2.72 bits per heavy atom. The molecule has 1 atom stereocenters. The number of carbonyl (C=O) groups excluding carboxylic acids is 1. The highest BCUT2D eigenvalue weighted by Crippen LogP contribution is 2.37. The molecule has 2 fully saturated rings. The lowest BCUT2D eigenvalue weighted by Gasteiger charge is -2.34. The maximum absolute atomic E-state index is 13.2. The molecule has 25 heavy (non-hydrogen) atoms. The normalized spacial score (nSPS) is 22.2. The van der Waals surface area contributed by atoms with Gasteiger partial charge in [-0.1, -0.05) is 18.2 Å². The Morgan fingerprint density at radius 2 is 2.04 bits per heavy atom. The monoisotopic (exact) mass is 341 g/mol. The van der Waals surface area contributed by atoms with Crippen molar-refractivity contribution < 1.29 is 13.9 Å². The highest BCUT2D eigenvalue weighted by atomic mass is 16.5. The van der Waals surface area contributed by atoms with Crippen LogP contribution in [-0.4, -0.2) is 42.2 Å². The van der Waals surface area contributed by atoms with Gasteiger partial charge in [-0.15, -0.1) is 0 Å². The summed E-state index contributed by atoms with van der Waals surface area (Å²) in [5.41, 5.74) is 1.10. The smallest absolute Gasteiger partial charge is 0.280 e. The van der Waals surface area contributed by atoms with Crippen LogP contribution >= 0.6 is 0 Å². The fourth-order valence-corrected chi connectivity index (χ4v) is 3.88. The molecule has 1 aromatic heterocycles. The Balaban J connectivity index is 1.63. The number of rotatable bonds is 3. The van der Waals surface area contributed by atoms with Crippen molar-refractivity contribution in [2.75, 3.05) is 24.6 Å². The highest BCUT2D eigenvalue weighted by Gasteiger charge is 2.45. The second-order valence-electron chi connectivity index (χ2n) is 6.86. The zero-order valence-electron chi connectivity index (χ0n) is 14.4. The third kappa shape index (κ3) is 3.19. The summed E-state index contributed by atoms with van der Waals surface area (Å²) in [4.78, 5) is 19.2. The van der Waals surface area contributed by atoms with E-state index in [1.165, 1.54) is 6.26 Å². The summed E-state index contributed by atoms with van der Waals surface area (Å²) in [5.74, 6) is 0.358. The SMILES string of the molecule is Cc1nc(C(=O)N(c2ccccc2)C2COC3(CCNCC3)C2)co1. The number of amides is 1. The van der Waals surface area contributed by atoms with E-state index >= 15 is 0 Å². The molecule has 1 aromatic carbocycles. The first-order valence-corrected chi connectivity index (χ1v) is 8.82. The minimum atomic E-state index is -0.136. The van der Waals surface area contributed by atoms with E-state index in [1.54, 1.807) is 6.92 Å². The van der Waals surface area contributed by atoms with Crippen molar-refractivity contribution in [3.63, 3.8) is 0 Å². The van der Waals surface area contributed by atoms with Gasteiger partial charge in [-0.3, -0.25) is 4.79 Å². The minimum absolute atomic E-state index is 0.00464. The Kier molecular flexibility index (Phi) is 4.31. The van der Waals surface area contributed by atoms with Crippen LogP contribution in [-0.2, 0) is 4.74 Å². The molecule has 3 heterocycles. The van der Waals surface area contributed by atoms with Crippen molar-refractivity contribution in [3.05, 3.63) is 48.2 Å². The average Bonchev–Trinajstić information content (AvgIpc) is 3.24. The lowest BCUT2D eigenvalue weighted by Crippen LogP contribution is -2.44. The topological polar surface area (TPSA) is 67.6 Å². The molecule has 6 nitrogen and oxygen atoms in total. The number of anilines is 1. The molecule has 2 aliphatic heterocycles. The van der Waals surface area contributed by atoms with E-state index in [1.807, 2.05) is 35.2 Å². The first kappa shape index (κ1) is 16.3. The number of para-hydroxylation sites is 1. The standard InChI is InChI=1S/C19H23N3O3/c1-14-21-17(13-24-14)18(23)22(15-5-3-2-4-6-15)16-11-19(25-12-16)7-9-20-10-8-19/h2-6,13,16,20H,7-12H2,1H3.